The molecule has 0 saturated heterocycles. The largest absolute Gasteiger partial charge is 0.481 e. The van der Waals surface area contributed by atoms with Crippen molar-refractivity contribution in [1.29, 1.82) is 0 Å². The van der Waals surface area contributed by atoms with Crippen LogP contribution < -0.4 is 0 Å². The Morgan fingerprint density at radius 2 is 2.33 bits per heavy atom. The van der Waals surface area contributed by atoms with Gasteiger partial charge in [0.15, 0.2) is 0 Å². The van der Waals surface area contributed by atoms with E-state index in [0.717, 1.165) is 0 Å². The summed E-state index contributed by atoms with van der Waals surface area (Å²) in [5, 5.41) is 8.45. The van der Waals surface area contributed by atoms with Crippen LogP contribution in [-0.2, 0) is 4.79 Å². The lowest BCUT2D eigenvalue weighted by atomic mass is 10.1. The van der Waals surface area contributed by atoms with Crippen LogP contribution in [-0.4, -0.2) is 11.1 Å². The molecule has 1 unspecified atom stereocenters. The summed E-state index contributed by atoms with van der Waals surface area (Å²) in [5.41, 5.74) is 0. The molecule has 0 aliphatic heterocycles. The molecule has 0 aromatic rings. The number of rotatable bonds is 3. The van der Waals surface area contributed by atoms with E-state index in [-0.39, 0.29) is 5.92 Å². The number of carboxylic acid groups (broad SMARTS) is 1. The highest BCUT2D eigenvalue weighted by Crippen LogP contribution is 2.03. The van der Waals surface area contributed by atoms with Crippen LogP contribution in [0.15, 0.2) is 12.2 Å². The maximum Gasteiger partial charge on any atom is 0.310 e. The number of carboxylic acids is 1. The first kappa shape index (κ1) is 8.21. The van der Waals surface area contributed by atoms with Crippen LogP contribution in [0.2, 0.25) is 0 Å². The molecule has 0 spiro atoms. The van der Waals surface area contributed by atoms with Gasteiger partial charge in [-0.3, -0.25) is 4.79 Å². The van der Waals surface area contributed by atoms with Crippen molar-refractivity contribution >= 4 is 5.97 Å². The van der Waals surface area contributed by atoms with Gasteiger partial charge in [-0.15, -0.1) is 0 Å². The van der Waals surface area contributed by atoms with E-state index >= 15 is 0 Å². The molecule has 0 heterocycles. The molecule has 0 bridgehead atoms. The molecule has 0 radical (unpaired) electrons. The van der Waals surface area contributed by atoms with Gasteiger partial charge < -0.3 is 5.11 Å². The van der Waals surface area contributed by atoms with Gasteiger partial charge in [-0.1, -0.05) is 19.1 Å². The van der Waals surface area contributed by atoms with Gasteiger partial charge in [-0.2, -0.15) is 0 Å². The molecule has 0 aromatic heterocycles. The van der Waals surface area contributed by atoms with Crippen LogP contribution in [0.5, 0.6) is 0 Å². The van der Waals surface area contributed by atoms with Gasteiger partial charge in [0.1, 0.15) is 0 Å². The summed E-state index contributed by atoms with van der Waals surface area (Å²) in [6, 6.07) is 0. The van der Waals surface area contributed by atoms with Crippen molar-refractivity contribution in [2.75, 3.05) is 0 Å². The zero-order valence-electron chi connectivity index (χ0n) is 5.79. The van der Waals surface area contributed by atoms with Crippen molar-refractivity contribution in [3.8, 4) is 0 Å². The van der Waals surface area contributed by atoms with Crippen molar-refractivity contribution < 1.29 is 9.90 Å². The maximum atomic E-state index is 10.3. The minimum Gasteiger partial charge on any atom is -0.481 e. The van der Waals surface area contributed by atoms with Crippen molar-refractivity contribution in [3.63, 3.8) is 0 Å². The van der Waals surface area contributed by atoms with Crippen LogP contribution in [0.3, 0.4) is 0 Å². The molecule has 0 saturated carbocycles. The average Bonchev–Trinajstić information content (AvgIpc) is 1.82. The second-order valence-electron chi connectivity index (χ2n) is 1.88. The first-order chi connectivity index (χ1) is 4.22. The Morgan fingerprint density at radius 1 is 1.78 bits per heavy atom. The molecule has 1 N–H and O–H groups in total. The number of carbonyl (C=O) groups is 1. The predicted octanol–water partition coefficient (Wildman–Crippen LogP) is 1.67. The smallest absolute Gasteiger partial charge is 0.310 e. The summed E-state index contributed by atoms with van der Waals surface area (Å²) >= 11 is 0. The highest BCUT2D eigenvalue weighted by molar-refractivity contribution is 5.71. The summed E-state index contributed by atoms with van der Waals surface area (Å²) in [6.45, 7) is 3.68. The van der Waals surface area contributed by atoms with E-state index in [2.05, 4.69) is 0 Å². The van der Waals surface area contributed by atoms with Crippen LogP contribution in [0, 0.1) is 5.92 Å². The van der Waals surface area contributed by atoms with Gasteiger partial charge in [0.25, 0.3) is 0 Å². The third kappa shape index (κ3) is 2.90. The molecule has 0 aliphatic rings. The average molecular weight is 128 g/mol. The topological polar surface area (TPSA) is 37.3 Å². The first-order valence-electron chi connectivity index (χ1n) is 3.08. The monoisotopic (exact) mass is 128 g/mol. The van der Waals surface area contributed by atoms with Crippen LogP contribution in [0.4, 0.5) is 0 Å². The van der Waals surface area contributed by atoms with Crippen molar-refractivity contribution in [2.45, 2.75) is 20.3 Å². The molecule has 2 heteroatoms. The van der Waals surface area contributed by atoms with E-state index in [4.69, 9.17) is 5.11 Å². The molecule has 0 aliphatic carbocycles. The fraction of sp³-hybridized carbons (Fsp3) is 0.571. The van der Waals surface area contributed by atoms with Crippen molar-refractivity contribution in [3.05, 3.63) is 12.2 Å². The molecule has 2 nitrogen and oxygen atoms in total. The lowest BCUT2D eigenvalue weighted by Crippen LogP contribution is -2.08. The van der Waals surface area contributed by atoms with E-state index < -0.39 is 5.97 Å². The Kier molecular flexibility index (Phi) is 3.76. The Balaban J connectivity index is 3.83. The number of allylic oxidation sites excluding steroid dienone is 1. The second-order valence-corrected chi connectivity index (χ2v) is 1.88. The maximum absolute atomic E-state index is 10.3. The highest BCUT2D eigenvalue weighted by Gasteiger charge is 2.08. The van der Waals surface area contributed by atoms with Gasteiger partial charge in [-0.05, 0) is 13.3 Å². The van der Waals surface area contributed by atoms with Crippen LogP contribution in [0.25, 0.3) is 0 Å². The third-order valence-electron chi connectivity index (χ3n) is 1.18. The summed E-state index contributed by atoms with van der Waals surface area (Å²) in [7, 11) is 0. The standard InChI is InChI=1S/C7H12O2/c1-3-5-6(4-2)7(8)9/h3,5-6H,4H2,1-2H3,(H,8,9). The quantitative estimate of drug-likeness (QED) is 0.587. The lowest BCUT2D eigenvalue weighted by molar-refractivity contribution is -0.140. The summed E-state index contributed by atoms with van der Waals surface area (Å²) < 4.78 is 0. The van der Waals surface area contributed by atoms with Crippen molar-refractivity contribution in [2.24, 2.45) is 5.92 Å². The minimum absolute atomic E-state index is 0.296. The fourth-order valence-corrected chi connectivity index (χ4v) is 0.625. The third-order valence-corrected chi connectivity index (χ3v) is 1.18. The van der Waals surface area contributed by atoms with Crippen molar-refractivity contribution in [1.82, 2.24) is 0 Å². The number of aliphatic carboxylic acids is 1. The summed E-state index contributed by atoms with van der Waals surface area (Å²) in [4.78, 5) is 10.3. The molecule has 52 valence electrons. The molecular weight excluding hydrogens is 116 g/mol. The zero-order valence-corrected chi connectivity index (χ0v) is 5.79. The fourth-order valence-electron chi connectivity index (χ4n) is 0.625. The molecule has 0 amide bonds. The van der Waals surface area contributed by atoms with E-state index in [1.165, 1.54) is 0 Å². The van der Waals surface area contributed by atoms with Gasteiger partial charge in [0, 0.05) is 0 Å². The Morgan fingerprint density at radius 3 is 2.44 bits per heavy atom. The number of hydrogen-bond acceptors (Lipinski definition) is 1. The molecule has 1 atom stereocenters. The Hall–Kier alpha value is -0.790. The summed E-state index contributed by atoms with van der Waals surface area (Å²) in [5.74, 6) is -1.04. The molecule has 0 rings (SSSR count). The minimum atomic E-state index is -0.740. The number of hydrogen-bond donors (Lipinski definition) is 1. The van der Waals surface area contributed by atoms with E-state index in [1.54, 1.807) is 12.2 Å². The Bertz CT molecular complexity index is 116. The molecular formula is C7H12O2. The molecule has 0 fully saturated rings. The van der Waals surface area contributed by atoms with Gasteiger partial charge >= 0.3 is 5.97 Å². The van der Waals surface area contributed by atoms with Gasteiger partial charge in [-0.25, -0.2) is 0 Å². The lowest BCUT2D eigenvalue weighted by Gasteiger charge is -2.00. The van der Waals surface area contributed by atoms with E-state index in [9.17, 15) is 4.79 Å². The Labute approximate surface area is 55.2 Å². The van der Waals surface area contributed by atoms with Gasteiger partial charge in [0.2, 0.25) is 0 Å². The second kappa shape index (κ2) is 4.13. The zero-order chi connectivity index (χ0) is 7.28. The SMILES string of the molecule is CC=CC(CC)C(=O)O. The van der Waals surface area contributed by atoms with Crippen LogP contribution >= 0.6 is 0 Å². The van der Waals surface area contributed by atoms with Crippen LogP contribution in [0.1, 0.15) is 20.3 Å². The predicted molar refractivity (Wildman–Crippen MR) is 36.2 cm³/mol. The first-order valence-corrected chi connectivity index (χ1v) is 3.08. The summed E-state index contributed by atoms with van der Waals surface area (Å²) in [6.07, 6.45) is 4.13. The van der Waals surface area contributed by atoms with E-state index in [1.807, 2.05) is 13.8 Å². The molecule has 9 heavy (non-hydrogen) atoms. The van der Waals surface area contributed by atoms with E-state index in [0.29, 0.717) is 6.42 Å². The highest BCUT2D eigenvalue weighted by atomic mass is 16.4. The normalized spacial score (nSPS) is 14.0. The van der Waals surface area contributed by atoms with Gasteiger partial charge in [0.05, 0.1) is 5.92 Å². The molecule has 0 aromatic carbocycles.